The monoisotopic (exact) mass is 537 g/mol. The minimum Gasteiger partial charge on any atom is -0.354 e. The second kappa shape index (κ2) is 14.0. The van der Waals surface area contributed by atoms with Crippen molar-refractivity contribution in [2.75, 3.05) is 26.2 Å². The fraction of sp³-hybridized carbons (Fsp3) is 0.581. The molecule has 0 radical (unpaired) electrons. The van der Waals surface area contributed by atoms with Gasteiger partial charge in [0.15, 0.2) is 0 Å². The number of hydrogen-bond donors (Lipinski definition) is 2. The number of amides is 2. The summed E-state index contributed by atoms with van der Waals surface area (Å²) in [6.45, 7) is 7.77. The molecule has 0 bridgehead atoms. The first-order valence-electron chi connectivity index (χ1n) is 14.5. The summed E-state index contributed by atoms with van der Waals surface area (Å²) in [7, 11) is 0. The number of nitrogens with one attached hydrogen (secondary N) is 1. The number of hydrogen-bond acceptors (Lipinski definition) is 5. The fourth-order valence-corrected chi connectivity index (χ4v) is 6.10. The second-order valence-corrected chi connectivity index (χ2v) is 11.8. The van der Waals surface area contributed by atoms with Crippen molar-refractivity contribution in [1.82, 2.24) is 20.1 Å². The van der Waals surface area contributed by atoms with Crippen LogP contribution in [-0.2, 0) is 11.3 Å². The highest BCUT2D eigenvalue weighted by atomic mass is 19.1. The van der Waals surface area contributed by atoms with Gasteiger partial charge in [0.25, 0.3) is 5.91 Å². The zero-order chi connectivity index (χ0) is 27.8. The van der Waals surface area contributed by atoms with Gasteiger partial charge in [0, 0.05) is 44.6 Å². The lowest BCUT2D eigenvalue weighted by molar-refractivity contribution is -0.128. The number of nitrogens with zero attached hydrogens (tertiary/aromatic N) is 3. The molecule has 2 fully saturated rings. The molecular formula is C31H44FN5O2. The number of pyridine rings is 1. The van der Waals surface area contributed by atoms with Crippen LogP contribution in [0.15, 0.2) is 48.8 Å². The van der Waals surface area contributed by atoms with Crippen molar-refractivity contribution >= 4 is 11.8 Å². The predicted molar refractivity (Wildman–Crippen MR) is 151 cm³/mol. The van der Waals surface area contributed by atoms with Gasteiger partial charge >= 0.3 is 0 Å². The van der Waals surface area contributed by atoms with E-state index < -0.39 is 6.04 Å². The number of rotatable bonds is 10. The van der Waals surface area contributed by atoms with Crippen LogP contribution in [-0.4, -0.2) is 64.9 Å². The Morgan fingerprint density at radius 1 is 1.10 bits per heavy atom. The predicted octanol–water partition coefficient (Wildman–Crippen LogP) is 4.23. The molecule has 4 rings (SSSR count). The molecule has 1 aliphatic carbocycles. The molecule has 7 nitrogen and oxygen atoms in total. The van der Waals surface area contributed by atoms with Gasteiger partial charge in [-0.25, -0.2) is 4.39 Å². The zero-order valence-electron chi connectivity index (χ0n) is 23.4. The molecule has 1 saturated carbocycles. The number of likely N-dealkylation sites (tertiary alicyclic amines) is 1. The van der Waals surface area contributed by atoms with E-state index in [0.717, 1.165) is 50.8 Å². The largest absolute Gasteiger partial charge is 0.354 e. The van der Waals surface area contributed by atoms with Gasteiger partial charge in [-0.05, 0) is 92.7 Å². The summed E-state index contributed by atoms with van der Waals surface area (Å²) < 4.78 is 13.5. The number of aromatic nitrogens is 1. The van der Waals surface area contributed by atoms with E-state index in [2.05, 4.69) is 29.0 Å². The van der Waals surface area contributed by atoms with E-state index in [1.54, 1.807) is 29.4 Å². The van der Waals surface area contributed by atoms with Gasteiger partial charge in [-0.2, -0.15) is 0 Å². The summed E-state index contributed by atoms with van der Waals surface area (Å²) in [5.41, 5.74) is 7.39. The molecule has 212 valence electrons. The normalized spacial score (nSPS) is 23.7. The standard InChI is InChI=1S/C31H44FN5O2/c1-22(2)20-36(21-25-9-11-27(32)12-10-25)28-13-15-37(31(39)26-4-3-14-34-19-26)29(16-28)30(38)35-18-24-7-5-23(17-33)6-8-24/h3-4,9-12,14,19,22-24,28-29H,5-8,13,15-18,20-21,33H2,1-2H3,(H,35,38)/t23?,24?,28?,29-/m1/s1. The van der Waals surface area contributed by atoms with Gasteiger partial charge in [-0.1, -0.05) is 26.0 Å². The summed E-state index contributed by atoms with van der Waals surface area (Å²) in [6.07, 6.45) is 8.92. The Morgan fingerprint density at radius 3 is 2.46 bits per heavy atom. The van der Waals surface area contributed by atoms with Gasteiger partial charge in [0.1, 0.15) is 11.9 Å². The van der Waals surface area contributed by atoms with Crippen LogP contribution in [0.25, 0.3) is 0 Å². The van der Waals surface area contributed by atoms with Crippen LogP contribution in [0.2, 0.25) is 0 Å². The summed E-state index contributed by atoms with van der Waals surface area (Å²) in [5.74, 6) is 0.996. The lowest BCUT2D eigenvalue weighted by Crippen LogP contribution is -2.58. The third kappa shape index (κ3) is 8.08. The first-order valence-corrected chi connectivity index (χ1v) is 14.5. The van der Waals surface area contributed by atoms with E-state index >= 15 is 0 Å². The van der Waals surface area contributed by atoms with Gasteiger partial charge in [-0.15, -0.1) is 0 Å². The summed E-state index contributed by atoms with van der Waals surface area (Å²) >= 11 is 0. The molecule has 39 heavy (non-hydrogen) atoms. The minimum atomic E-state index is -0.556. The highest BCUT2D eigenvalue weighted by Crippen LogP contribution is 2.29. The number of carbonyl (C=O) groups is 2. The molecular weight excluding hydrogens is 493 g/mol. The van der Waals surface area contributed by atoms with Crippen LogP contribution in [0.4, 0.5) is 4.39 Å². The zero-order valence-corrected chi connectivity index (χ0v) is 23.4. The molecule has 1 aliphatic heterocycles. The van der Waals surface area contributed by atoms with Gasteiger partial charge < -0.3 is 16.0 Å². The van der Waals surface area contributed by atoms with Crippen molar-refractivity contribution in [3.63, 3.8) is 0 Å². The molecule has 2 amide bonds. The van der Waals surface area contributed by atoms with E-state index in [1.165, 1.54) is 12.1 Å². The number of halogens is 1. The molecule has 1 unspecified atom stereocenters. The van der Waals surface area contributed by atoms with E-state index in [0.29, 0.717) is 49.4 Å². The SMILES string of the molecule is CC(C)CN(Cc1ccc(F)cc1)C1CCN(C(=O)c2cccnc2)[C@@H](C(=O)NCC2CCC(CN)CC2)C1. The molecule has 2 atom stereocenters. The van der Waals surface area contributed by atoms with Gasteiger partial charge in [0.05, 0.1) is 5.56 Å². The molecule has 2 aliphatic rings. The molecule has 1 aromatic heterocycles. The van der Waals surface area contributed by atoms with Crippen LogP contribution < -0.4 is 11.1 Å². The average molecular weight is 538 g/mol. The first-order chi connectivity index (χ1) is 18.8. The maximum atomic E-state index is 13.7. The quantitative estimate of drug-likeness (QED) is 0.473. The Bertz CT molecular complexity index is 1060. The molecule has 0 spiro atoms. The molecule has 2 aromatic rings. The Hall–Kier alpha value is -2.84. The Balaban J connectivity index is 1.49. The van der Waals surface area contributed by atoms with Gasteiger partial charge in [-0.3, -0.25) is 19.5 Å². The highest BCUT2D eigenvalue weighted by Gasteiger charge is 2.39. The lowest BCUT2D eigenvalue weighted by atomic mass is 9.82. The Kier molecular flexibility index (Phi) is 10.5. The van der Waals surface area contributed by atoms with Crippen molar-refractivity contribution in [2.24, 2.45) is 23.5 Å². The van der Waals surface area contributed by atoms with Crippen molar-refractivity contribution in [3.05, 3.63) is 65.7 Å². The number of piperidine rings is 1. The van der Waals surface area contributed by atoms with Gasteiger partial charge in [0.2, 0.25) is 5.91 Å². The first kappa shape index (κ1) is 29.2. The Morgan fingerprint density at radius 2 is 1.82 bits per heavy atom. The molecule has 1 aromatic carbocycles. The molecule has 1 saturated heterocycles. The highest BCUT2D eigenvalue weighted by molar-refractivity contribution is 5.97. The molecule has 8 heteroatoms. The van der Waals surface area contributed by atoms with Crippen LogP contribution >= 0.6 is 0 Å². The van der Waals surface area contributed by atoms with Crippen LogP contribution in [0.3, 0.4) is 0 Å². The maximum Gasteiger partial charge on any atom is 0.256 e. The van der Waals surface area contributed by atoms with Crippen LogP contribution in [0.1, 0.15) is 68.3 Å². The van der Waals surface area contributed by atoms with Crippen LogP contribution in [0.5, 0.6) is 0 Å². The third-order valence-electron chi connectivity index (χ3n) is 8.33. The topological polar surface area (TPSA) is 91.6 Å². The molecule has 2 heterocycles. The third-order valence-corrected chi connectivity index (χ3v) is 8.33. The van der Waals surface area contributed by atoms with Crippen LogP contribution in [0, 0.1) is 23.6 Å². The summed E-state index contributed by atoms with van der Waals surface area (Å²) in [5, 5.41) is 3.21. The van der Waals surface area contributed by atoms with Crippen molar-refractivity contribution in [3.8, 4) is 0 Å². The minimum absolute atomic E-state index is 0.0795. The van der Waals surface area contributed by atoms with E-state index in [9.17, 15) is 14.0 Å². The van der Waals surface area contributed by atoms with Crippen molar-refractivity contribution in [2.45, 2.75) is 71.0 Å². The Labute approximate surface area is 232 Å². The average Bonchev–Trinajstić information content (AvgIpc) is 2.96. The van der Waals surface area contributed by atoms with E-state index in [-0.39, 0.29) is 23.7 Å². The maximum absolute atomic E-state index is 13.7. The van der Waals surface area contributed by atoms with Crippen molar-refractivity contribution < 1.29 is 14.0 Å². The van der Waals surface area contributed by atoms with Crippen molar-refractivity contribution in [1.29, 1.82) is 0 Å². The summed E-state index contributed by atoms with van der Waals surface area (Å²) in [4.78, 5) is 35.5. The lowest BCUT2D eigenvalue weighted by Gasteiger charge is -2.43. The number of carbonyl (C=O) groups excluding carboxylic acids is 2. The van der Waals surface area contributed by atoms with E-state index in [4.69, 9.17) is 5.73 Å². The fourth-order valence-electron chi connectivity index (χ4n) is 6.10. The summed E-state index contributed by atoms with van der Waals surface area (Å²) in [6, 6.07) is 9.72. The second-order valence-electron chi connectivity index (χ2n) is 11.8. The van der Waals surface area contributed by atoms with E-state index in [1.807, 2.05) is 12.1 Å². The number of benzene rings is 1. The molecule has 3 N–H and O–H groups in total. The number of nitrogens with two attached hydrogens (primary N) is 1. The smallest absolute Gasteiger partial charge is 0.256 e.